The molecule has 0 radical (unpaired) electrons. The van der Waals surface area contributed by atoms with Crippen LogP contribution in [0, 0.1) is 12.3 Å². The number of unbranched alkanes of at least 4 members (excludes halogenated alkanes) is 1. The Kier molecular flexibility index (Phi) is 8.82. The third-order valence-electron chi connectivity index (χ3n) is 4.47. The first kappa shape index (κ1) is 22.3. The van der Waals surface area contributed by atoms with Crippen LogP contribution >= 0.6 is 0 Å². The molecule has 0 saturated carbocycles. The Hall–Kier alpha value is -2.03. The largest absolute Gasteiger partial charge is 0.444 e. The molecule has 0 aliphatic carbocycles. The molecule has 1 fully saturated rings. The lowest BCUT2D eigenvalue weighted by Gasteiger charge is -2.28. The first-order chi connectivity index (χ1) is 13.4. The van der Waals surface area contributed by atoms with E-state index in [1.807, 2.05) is 39.0 Å². The van der Waals surface area contributed by atoms with Gasteiger partial charge in [-0.3, -0.25) is 0 Å². The minimum Gasteiger partial charge on any atom is -0.444 e. The summed E-state index contributed by atoms with van der Waals surface area (Å²) in [7, 11) is 0. The lowest BCUT2D eigenvalue weighted by molar-refractivity contribution is -0.0221. The maximum atomic E-state index is 12.6. The molecule has 1 aromatic rings. The second-order valence-corrected chi connectivity index (χ2v) is 8.17. The van der Waals surface area contributed by atoms with Gasteiger partial charge in [0.05, 0.1) is 25.4 Å². The topological polar surface area (TPSA) is 48.0 Å². The molecular formula is C23H33NO4. The van der Waals surface area contributed by atoms with Gasteiger partial charge in [0.1, 0.15) is 5.60 Å². The molecule has 0 N–H and O–H groups in total. The van der Waals surface area contributed by atoms with E-state index in [1.54, 1.807) is 4.90 Å². The van der Waals surface area contributed by atoms with Crippen molar-refractivity contribution in [1.29, 1.82) is 0 Å². The van der Waals surface area contributed by atoms with E-state index in [0.717, 1.165) is 24.8 Å². The first-order valence-corrected chi connectivity index (χ1v) is 10.1. The van der Waals surface area contributed by atoms with Crippen molar-refractivity contribution in [3.63, 3.8) is 0 Å². The van der Waals surface area contributed by atoms with Crippen molar-refractivity contribution >= 4 is 6.09 Å². The number of likely N-dealkylation sites (tertiary alicyclic amines) is 1. The molecule has 5 nitrogen and oxygen atoms in total. The smallest absolute Gasteiger partial charge is 0.410 e. The molecule has 5 heteroatoms. The third kappa shape index (κ3) is 8.33. The third-order valence-corrected chi connectivity index (χ3v) is 4.47. The van der Waals surface area contributed by atoms with Gasteiger partial charge in [-0.05, 0) is 39.2 Å². The standard InChI is InChI=1S/C23H33NO4/c1-5-6-10-15-26-21-16-20(27-18-19-11-8-7-9-12-19)13-14-24(17-21)22(25)28-23(2,3)4/h1,7-9,11-12,20-21H,6,10,13-18H2,2-4H3/t20-,21-/m1/s1. The fourth-order valence-electron chi connectivity index (χ4n) is 3.10. The van der Waals surface area contributed by atoms with Gasteiger partial charge in [-0.25, -0.2) is 4.79 Å². The van der Waals surface area contributed by atoms with Gasteiger partial charge < -0.3 is 19.1 Å². The van der Waals surface area contributed by atoms with Crippen molar-refractivity contribution in [2.24, 2.45) is 0 Å². The van der Waals surface area contributed by atoms with Crippen LogP contribution in [0.5, 0.6) is 0 Å². The summed E-state index contributed by atoms with van der Waals surface area (Å²) >= 11 is 0. The van der Waals surface area contributed by atoms with E-state index in [4.69, 9.17) is 20.6 Å². The number of hydrogen-bond donors (Lipinski definition) is 0. The van der Waals surface area contributed by atoms with Crippen LogP contribution in [-0.2, 0) is 20.8 Å². The number of nitrogens with zero attached hydrogens (tertiary/aromatic N) is 1. The maximum Gasteiger partial charge on any atom is 0.410 e. The molecule has 0 aromatic heterocycles. The summed E-state index contributed by atoms with van der Waals surface area (Å²) in [6.45, 7) is 7.88. The molecule has 1 amide bonds. The minimum atomic E-state index is -0.518. The summed E-state index contributed by atoms with van der Waals surface area (Å²) in [5.74, 6) is 2.63. The summed E-state index contributed by atoms with van der Waals surface area (Å²) in [4.78, 5) is 14.3. The highest BCUT2D eigenvalue weighted by atomic mass is 16.6. The van der Waals surface area contributed by atoms with Crippen molar-refractivity contribution in [2.75, 3.05) is 19.7 Å². The fraction of sp³-hybridized carbons (Fsp3) is 0.609. The Morgan fingerprint density at radius 3 is 2.64 bits per heavy atom. The van der Waals surface area contributed by atoms with Crippen molar-refractivity contribution in [2.45, 2.75) is 70.9 Å². The Bertz CT molecular complexity index is 632. The van der Waals surface area contributed by atoms with Crippen molar-refractivity contribution in [3.8, 4) is 12.3 Å². The average molecular weight is 388 g/mol. The molecule has 0 bridgehead atoms. The van der Waals surface area contributed by atoms with Gasteiger partial charge >= 0.3 is 6.09 Å². The lowest BCUT2D eigenvalue weighted by atomic mass is 10.1. The second-order valence-electron chi connectivity index (χ2n) is 8.17. The molecule has 1 aliphatic heterocycles. The van der Waals surface area contributed by atoms with Crippen LogP contribution in [0.15, 0.2) is 30.3 Å². The highest BCUT2D eigenvalue weighted by Crippen LogP contribution is 2.21. The molecule has 154 valence electrons. The number of rotatable bonds is 7. The molecule has 28 heavy (non-hydrogen) atoms. The van der Waals surface area contributed by atoms with Crippen molar-refractivity contribution < 1.29 is 19.0 Å². The minimum absolute atomic E-state index is 0.0327. The summed E-state index contributed by atoms with van der Waals surface area (Å²) in [5.41, 5.74) is 0.623. The van der Waals surface area contributed by atoms with Crippen LogP contribution in [0.25, 0.3) is 0 Å². The SMILES string of the molecule is C#CCCCO[C@@H]1C[C@H](OCc2ccccc2)CCN(C(=O)OC(C)(C)C)C1. The molecule has 0 unspecified atom stereocenters. The van der Waals surface area contributed by atoms with E-state index in [2.05, 4.69) is 18.1 Å². The second kappa shape index (κ2) is 11.1. The van der Waals surface area contributed by atoms with Gasteiger partial charge in [-0.2, -0.15) is 0 Å². The predicted octanol–water partition coefficient (Wildman–Crippen LogP) is 4.40. The van der Waals surface area contributed by atoms with E-state index in [9.17, 15) is 4.79 Å². The van der Waals surface area contributed by atoms with Crippen molar-refractivity contribution in [3.05, 3.63) is 35.9 Å². The highest BCUT2D eigenvalue weighted by Gasteiger charge is 2.30. The van der Waals surface area contributed by atoms with Crippen LogP contribution in [-0.4, -0.2) is 48.5 Å². The fourth-order valence-corrected chi connectivity index (χ4v) is 3.10. The van der Waals surface area contributed by atoms with E-state index in [0.29, 0.717) is 32.7 Å². The molecule has 1 aromatic carbocycles. The Labute approximate surface area is 169 Å². The van der Waals surface area contributed by atoms with Gasteiger partial charge in [0.15, 0.2) is 0 Å². The van der Waals surface area contributed by atoms with Gasteiger partial charge in [-0.15, -0.1) is 12.3 Å². The number of ether oxygens (including phenoxy) is 3. The quantitative estimate of drug-likeness (QED) is 0.514. The maximum absolute atomic E-state index is 12.6. The zero-order chi connectivity index (χ0) is 20.4. The first-order valence-electron chi connectivity index (χ1n) is 10.1. The number of carbonyl (C=O) groups is 1. The highest BCUT2D eigenvalue weighted by molar-refractivity contribution is 5.68. The molecular weight excluding hydrogens is 354 g/mol. The van der Waals surface area contributed by atoms with Gasteiger partial charge in [0.2, 0.25) is 0 Å². The van der Waals surface area contributed by atoms with Crippen LogP contribution in [0.3, 0.4) is 0 Å². The van der Waals surface area contributed by atoms with E-state index >= 15 is 0 Å². The molecule has 0 spiro atoms. The van der Waals surface area contributed by atoms with Crippen LogP contribution in [0.4, 0.5) is 4.79 Å². The number of carbonyl (C=O) groups excluding carboxylic acids is 1. The van der Waals surface area contributed by atoms with Gasteiger partial charge in [-0.1, -0.05) is 30.3 Å². The molecule has 1 saturated heterocycles. The average Bonchev–Trinajstić information content (AvgIpc) is 2.86. The van der Waals surface area contributed by atoms with Gasteiger partial charge in [0, 0.05) is 26.0 Å². The molecule has 1 aliphatic rings. The van der Waals surface area contributed by atoms with Crippen molar-refractivity contribution in [1.82, 2.24) is 4.90 Å². The van der Waals surface area contributed by atoms with Crippen LogP contribution in [0.1, 0.15) is 52.0 Å². The number of terminal acetylenes is 1. The summed E-state index contributed by atoms with van der Waals surface area (Å²) in [5, 5.41) is 0. The summed E-state index contributed by atoms with van der Waals surface area (Å²) in [6, 6.07) is 10.1. The van der Waals surface area contributed by atoms with Crippen LogP contribution in [0.2, 0.25) is 0 Å². The molecule has 1 heterocycles. The molecule has 2 rings (SSSR count). The Morgan fingerprint density at radius 2 is 1.96 bits per heavy atom. The lowest BCUT2D eigenvalue weighted by Crippen LogP contribution is -2.41. The zero-order valence-corrected chi connectivity index (χ0v) is 17.4. The van der Waals surface area contributed by atoms with Gasteiger partial charge in [0.25, 0.3) is 0 Å². The Balaban J connectivity index is 1.96. The van der Waals surface area contributed by atoms with Crippen LogP contribution < -0.4 is 0 Å². The summed E-state index contributed by atoms with van der Waals surface area (Å²) < 4.78 is 17.7. The molecule has 2 atom stereocenters. The zero-order valence-electron chi connectivity index (χ0n) is 17.4. The summed E-state index contributed by atoms with van der Waals surface area (Å²) in [6.07, 6.45) is 7.98. The Morgan fingerprint density at radius 1 is 1.21 bits per heavy atom. The number of amides is 1. The normalized spacial score (nSPS) is 20.3. The van der Waals surface area contributed by atoms with E-state index in [1.165, 1.54) is 0 Å². The van der Waals surface area contributed by atoms with E-state index < -0.39 is 5.60 Å². The predicted molar refractivity (Wildman–Crippen MR) is 110 cm³/mol. The van der Waals surface area contributed by atoms with E-state index in [-0.39, 0.29) is 18.3 Å². The number of benzene rings is 1. The number of hydrogen-bond acceptors (Lipinski definition) is 4. The monoisotopic (exact) mass is 387 g/mol.